The van der Waals surface area contributed by atoms with Gasteiger partial charge >= 0.3 is 0 Å². The highest BCUT2D eigenvalue weighted by Crippen LogP contribution is 2.09. The predicted molar refractivity (Wildman–Crippen MR) is 80.4 cm³/mol. The Morgan fingerprint density at radius 2 is 2.00 bits per heavy atom. The fourth-order valence-electron chi connectivity index (χ4n) is 2.38. The number of nitrogens with zero attached hydrogens (tertiary/aromatic N) is 2. The van der Waals surface area contributed by atoms with Crippen molar-refractivity contribution in [3.05, 3.63) is 24.0 Å². The number of carbonyl (C=O) groups is 2. The van der Waals surface area contributed by atoms with Crippen molar-refractivity contribution in [2.45, 2.75) is 32.1 Å². The molecule has 6 nitrogen and oxygen atoms in total. The van der Waals surface area contributed by atoms with Crippen LogP contribution in [-0.2, 0) is 16.0 Å². The molecule has 1 fully saturated rings. The highest BCUT2D eigenvalue weighted by molar-refractivity contribution is 5.80. The van der Waals surface area contributed by atoms with Crippen LogP contribution in [0.3, 0.4) is 0 Å². The first-order valence-electron chi connectivity index (χ1n) is 7.40. The number of nitrogen functional groups attached to an aromatic ring is 1. The molecule has 0 unspecified atom stereocenters. The molecule has 3 N–H and O–H groups in total. The van der Waals surface area contributed by atoms with E-state index in [4.69, 9.17) is 5.73 Å². The molecule has 2 heterocycles. The molecule has 114 valence electrons. The number of nitrogens with one attached hydrogen (secondary N) is 1. The van der Waals surface area contributed by atoms with Crippen LogP contribution in [0.5, 0.6) is 0 Å². The van der Waals surface area contributed by atoms with Gasteiger partial charge in [0.25, 0.3) is 0 Å². The predicted octanol–water partition coefficient (Wildman–Crippen LogP) is 0.725. The van der Waals surface area contributed by atoms with Gasteiger partial charge in [-0.2, -0.15) is 0 Å². The summed E-state index contributed by atoms with van der Waals surface area (Å²) in [6.07, 6.45) is 5.47. The largest absolute Gasteiger partial charge is 0.397 e. The molecule has 1 saturated heterocycles. The van der Waals surface area contributed by atoms with E-state index in [1.807, 2.05) is 4.90 Å². The molecule has 0 aromatic carbocycles. The minimum atomic E-state index is -0.126. The van der Waals surface area contributed by atoms with Crippen molar-refractivity contribution in [1.29, 1.82) is 0 Å². The van der Waals surface area contributed by atoms with E-state index in [-0.39, 0.29) is 18.2 Å². The normalized spacial score (nSPS) is 14.8. The molecule has 21 heavy (non-hydrogen) atoms. The maximum atomic E-state index is 11.9. The molecule has 2 rings (SSSR count). The second kappa shape index (κ2) is 7.61. The topological polar surface area (TPSA) is 88.3 Å². The monoisotopic (exact) mass is 290 g/mol. The Kier molecular flexibility index (Phi) is 5.54. The van der Waals surface area contributed by atoms with Gasteiger partial charge < -0.3 is 16.0 Å². The van der Waals surface area contributed by atoms with Crippen molar-refractivity contribution >= 4 is 17.5 Å². The van der Waals surface area contributed by atoms with E-state index < -0.39 is 0 Å². The van der Waals surface area contributed by atoms with Gasteiger partial charge in [-0.15, -0.1) is 0 Å². The zero-order chi connectivity index (χ0) is 15.1. The zero-order valence-corrected chi connectivity index (χ0v) is 12.2. The Balaban J connectivity index is 1.66. The first kappa shape index (κ1) is 15.3. The fourth-order valence-corrected chi connectivity index (χ4v) is 2.38. The lowest BCUT2D eigenvalue weighted by atomic mass is 10.1. The number of hydrogen-bond donors (Lipinski definition) is 2. The lowest BCUT2D eigenvalue weighted by molar-refractivity contribution is -0.132. The Morgan fingerprint density at radius 3 is 2.67 bits per heavy atom. The summed E-state index contributed by atoms with van der Waals surface area (Å²) in [7, 11) is 0. The van der Waals surface area contributed by atoms with E-state index in [0.717, 1.165) is 25.9 Å². The number of pyridine rings is 1. The van der Waals surface area contributed by atoms with E-state index in [0.29, 0.717) is 24.3 Å². The average molecular weight is 290 g/mol. The van der Waals surface area contributed by atoms with Crippen LogP contribution >= 0.6 is 0 Å². The van der Waals surface area contributed by atoms with E-state index in [9.17, 15) is 9.59 Å². The lowest BCUT2D eigenvalue weighted by Gasteiger charge is -2.26. The number of hydrogen-bond acceptors (Lipinski definition) is 4. The number of carbonyl (C=O) groups excluding carboxylic acids is 2. The third-order valence-corrected chi connectivity index (χ3v) is 3.56. The SMILES string of the molecule is Nc1ccc(CC(=O)NCCC(=O)N2CCCCC2)nc1. The highest BCUT2D eigenvalue weighted by Gasteiger charge is 2.16. The van der Waals surface area contributed by atoms with Crippen LogP contribution in [0.1, 0.15) is 31.4 Å². The minimum Gasteiger partial charge on any atom is -0.397 e. The molecule has 6 heteroatoms. The summed E-state index contributed by atoms with van der Waals surface area (Å²) >= 11 is 0. The van der Waals surface area contributed by atoms with Gasteiger partial charge in [0.2, 0.25) is 11.8 Å². The summed E-state index contributed by atoms with van der Waals surface area (Å²) in [5.74, 6) is -0.000625. The summed E-state index contributed by atoms with van der Waals surface area (Å²) in [6.45, 7) is 2.08. The molecule has 1 aliphatic heterocycles. The van der Waals surface area contributed by atoms with Crippen LogP contribution < -0.4 is 11.1 Å². The minimum absolute atomic E-state index is 0.126. The van der Waals surface area contributed by atoms with Gasteiger partial charge in [-0.3, -0.25) is 14.6 Å². The van der Waals surface area contributed by atoms with Gasteiger partial charge in [-0.1, -0.05) is 0 Å². The molecule has 0 bridgehead atoms. The molecule has 1 aliphatic rings. The molecule has 0 aliphatic carbocycles. The summed E-state index contributed by atoms with van der Waals surface area (Å²) in [6, 6.07) is 3.45. The molecular weight excluding hydrogens is 268 g/mol. The van der Waals surface area contributed by atoms with Crippen LogP contribution in [0.25, 0.3) is 0 Å². The molecule has 1 aromatic heterocycles. The average Bonchev–Trinajstić information content (AvgIpc) is 2.50. The third kappa shape index (κ3) is 5.06. The first-order chi connectivity index (χ1) is 10.1. The lowest BCUT2D eigenvalue weighted by Crippen LogP contribution is -2.38. The maximum absolute atomic E-state index is 11.9. The van der Waals surface area contributed by atoms with Crippen molar-refractivity contribution in [2.75, 3.05) is 25.4 Å². The van der Waals surface area contributed by atoms with Gasteiger partial charge in [0, 0.05) is 31.7 Å². The Hall–Kier alpha value is -2.11. The van der Waals surface area contributed by atoms with Crippen LogP contribution in [0, 0.1) is 0 Å². The molecular formula is C15H22N4O2. The van der Waals surface area contributed by atoms with Gasteiger partial charge in [0.15, 0.2) is 0 Å². The third-order valence-electron chi connectivity index (χ3n) is 3.56. The van der Waals surface area contributed by atoms with E-state index >= 15 is 0 Å². The standard InChI is InChI=1S/C15H22N4O2/c16-12-4-5-13(18-11-12)10-14(20)17-7-6-15(21)19-8-2-1-3-9-19/h4-5,11H,1-3,6-10,16H2,(H,17,20). The van der Waals surface area contributed by atoms with Crippen LogP contribution in [-0.4, -0.2) is 41.3 Å². The van der Waals surface area contributed by atoms with Crippen LogP contribution in [0.4, 0.5) is 5.69 Å². The van der Waals surface area contributed by atoms with Crippen molar-refractivity contribution in [2.24, 2.45) is 0 Å². The number of piperidine rings is 1. The number of likely N-dealkylation sites (tertiary alicyclic amines) is 1. The Morgan fingerprint density at radius 1 is 1.24 bits per heavy atom. The van der Waals surface area contributed by atoms with Crippen LogP contribution in [0.2, 0.25) is 0 Å². The smallest absolute Gasteiger partial charge is 0.226 e. The number of anilines is 1. The summed E-state index contributed by atoms with van der Waals surface area (Å²) in [5, 5.41) is 2.76. The van der Waals surface area contributed by atoms with Crippen molar-refractivity contribution in [1.82, 2.24) is 15.2 Å². The Bertz CT molecular complexity index is 481. The van der Waals surface area contributed by atoms with Crippen molar-refractivity contribution < 1.29 is 9.59 Å². The van der Waals surface area contributed by atoms with Gasteiger partial charge in [-0.05, 0) is 31.4 Å². The van der Waals surface area contributed by atoms with Gasteiger partial charge in [0.05, 0.1) is 18.3 Å². The molecule has 0 atom stereocenters. The number of rotatable bonds is 5. The van der Waals surface area contributed by atoms with E-state index in [1.165, 1.54) is 12.6 Å². The van der Waals surface area contributed by atoms with Crippen molar-refractivity contribution in [3.8, 4) is 0 Å². The second-order valence-corrected chi connectivity index (χ2v) is 5.30. The van der Waals surface area contributed by atoms with Crippen molar-refractivity contribution in [3.63, 3.8) is 0 Å². The second-order valence-electron chi connectivity index (χ2n) is 5.30. The fraction of sp³-hybridized carbons (Fsp3) is 0.533. The number of nitrogens with two attached hydrogens (primary N) is 1. The maximum Gasteiger partial charge on any atom is 0.226 e. The molecule has 0 spiro atoms. The molecule has 0 saturated carbocycles. The van der Waals surface area contributed by atoms with Gasteiger partial charge in [0.1, 0.15) is 0 Å². The zero-order valence-electron chi connectivity index (χ0n) is 12.2. The molecule has 0 radical (unpaired) electrons. The number of aromatic nitrogens is 1. The Labute approximate surface area is 124 Å². The van der Waals surface area contributed by atoms with E-state index in [1.54, 1.807) is 12.1 Å². The molecule has 2 amide bonds. The van der Waals surface area contributed by atoms with Gasteiger partial charge in [-0.25, -0.2) is 0 Å². The van der Waals surface area contributed by atoms with E-state index in [2.05, 4.69) is 10.3 Å². The highest BCUT2D eigenvalue weighted by atomic mass is 16.2. The molecule has 1 aromatic rings. The summed E-state index contributed by atoms with van der Waals surface area (Å²) in [5.41, 5.74) is 6.78. The summed E-state index contributed by atoms with van der Waals surface area (Å²) in [4.78, 5) is 29.6. The quantitative estimate of drug-likeness (QED) is 0.836. The van der Waals surface area contributed by atoms with Crippen LogP contribution in [0.15, 0.2) is 18.3 Å². The number of amides is 2. The first-order valence-corrected chi connectivity index (χ1v) is 7.40. The summed E-state index contributed by atoms with van der Waals surface area (Å²) < 4.78 is 0.